The summed E-state index contributed by atoms with van der Waals surface area (Å²) in [6.07, 6.45) is 3.76. The predicted octanol–water partition coefficient (Wildman–Crippen LogP) is 3.26. The maximum Gasteiger partial charge on any atom is 0.231 e. The highest BCUT2D eigenvalue weighted by molar-refractivity contribution is 8.01. The fourth-order valence-corrected chi connectivity index (χ4v) is 5.52. The van der Waals surface area contributed by atoms with Crippen molar-refractivity contribution in [3.05, 3.63) is 0 Å². The largest absolute Gasteiger partial charge is 0.339 e. The Balaban J connectivity index is 1.60. The third-order valence-electron chi connectivity index (χ3n) is 5.50. The van der Waals surface area contributed by atoms with Crippen molar-refractivity contribution < 1.29 is 9.59 Å². The number of carbonyl (C=O) groups is 2. The van der Waals surface area contributed by atoms with Crippen LogP contribution in [0.25, 0.3) is 0 Å². The average molecular weight is 383 g/mol. The zero-order valence-corrected chi connectivity index (χ0v) is 16.7. The van der Waals surface area contributed by atoms with Crippen LogP contribution in [-0.4, -0.2) is 45.3 Å². The Kier molecular flexibility index (Phi) is 5.99. The van der Waals surface area contributed by atoms with Crippen LogP contribution in [0.15, 0.2) is 4.34 Å². The first kappa shape index (κ1) is 18.6. The molecule has 25 heavy (non-hydrogen) atoms. The van der Waals surface area contributed by atoms with E-state index in [4.69, 9.17) is 0 Å². The van der Waals surface area contributed by atoms with E-state index in [-0.39, 0.29) is 23.8 Å². The van der Waals surface area contributed by atoms with Gasteiger partial charge in [0, 0.05) is 19.0 Å². The lowest BCUT2D eigenvalue weighted by atomic mass is 9.77. The summed E-state index contributed by atoms with van der Waals surface area (Å²) < 4.78 is 0.854. The molecule has 2 amide bonds. The molecule has 0 spiro atoms. The number of hydrogen-bond acceptors (Lipinski definition) is 6. The van der Waals surface area contributed by atoms with Crippen molar-refractivity contribution >= 4 is 40.0 Å². The molecule has 0 bridgehead atoms. The molecule has 0 aromatic carbocycles. The van der Waals surface area contributed by atoms with Crippen molar-refractivity contribution in [1.82, 2.24) is 15.1 Å². The van der Waals surface area contributed by atoms with E-state index in [0.29, 0.717) is 29.9 Å². The second-order valence-corrected chi connectivity index (χ2v) is 9.57. The molecule has 138 valence electrons. The Labute approximate surface area is 157 Å². The smallest absolute Gasteiger partial charge is 0.231 e. The molecule has 0 radical (unpaired) electrons. The molecule has 4 atom stereocenters. The third-order valence-corrected chi connectivity index (χ3v) is 7.35. The minimum Gasteiger partial charge on any atom is -0.339 e. The maximum absolute atomic E-state index is 12.5. The number of hydrogen-bond donors (Lipinski definition) is 1. The Morgan fingerprint density at radius 2 is 2.16 bits per heavy atom. The van der Waals surface area contributed by atoms with E-state index in [9.17, 15) is 9.59 Å². The van der Waals surface area contributed by atoms with Gasteiger partial charge in [0.25, 0.3) is 0 Å². The number of rotatable bonds is 5. The molecule has 1 aliphatic heterocycles. The molecule has 2 fully saturated rings. The van der Waals surface area contributed by atoms with Crippen LogP contribution in [0, 0.1) is 17.8 Å². The molecule has 1 aliphatic carbocycles. The van der Waals surface area contributed by atoms with Crippen molar-refractivity contribution in [2.24, 2.45) is 17.8 Å². The fraction of sp³-hybridized carbons (Fsp3) is 0.765. The number of aromatic nitrogens is 2. The molecule has 1 saturated carbocycles. The lowest BCUT2D eigenvalue weighted by Gasteiger charge is -2.40. The highest BCUT2D eigenvalue weighted by Gasteiger charge is 2.41. The minimum absolute atomic E-state index is 0.114. The molecule has 2 heterocycles. The Morgan fingerprint density at radius 1 is 1.36 bits per heavy atom. The first-order chi connectivity index (χ1) is 12.0. The molecule has 1 N–H and O–H groups in total. The van der Waals surface area contributed by atoms with Crippen LogP contribution < -0.4 is 5.32 Å². The summed E-state index contributed by atoms with van der Waals surface area (Å²) in [5.74, 6) is 1.77. The zero-order chi connectivity index (χ0) is 18.0. The van der Waals surface area contributed by atoms with E-state index in [1.54, 1.807) is 11.8 Å². The lowest BCUT2D eigenvalue weighted by Crippen LogP contribution is -2.45. The van der Waals surface area contributed by atoms with Crippen LogP contribution in [0.4, 0.5) is 5.13 Å². The highest BCUT2D eigenvalue weighted by atomic mass is 32.2. The minimum atomic E-state index is -0.289. The number of likely N-dealkylation sites (tertiary alicyclic amines) is 1. The predicted molar refractivity (Wildman–Crippen MR) is 101 cm³/mol. The molecule has 0 unspecified atom stereocenters. The van der Waals surface area contributed by atoms with Crippen molar-refractivity contribution in [3.63, 3.8) is 0 Å². The zero-order valence-electron chi connectivity index (χ0n) is 15.0. The normalized spacial score (nSPS) is 29.9. The summed E-state index contributed by atoms with van der Waals surface area (Å²) in [5.41, 5.74) is 0. The molecule has 1 aromatic heterocycles. The second-order valence-electron chi connectivity index (χ2n) is 7.08. The first-order valence-electron chi connectivity index (χ1n) is 9.06. The van der Waals surface area contributed by atoms with Crippen molar-refractivity contribution in [2.45, 2.75) is 56.8 Å². The molecule has 1 saturated heterocycles. The monoisotopic (exact) mass is 382 g/mol. The Hall–Kier alpha value is -1.15. The summed E-state index contributed by atoms with van der Waals surface area (Å²) in [6, 6.07) is 0.281. The van der Waals surface area contributed by atoms with Gasteiger partial charge in [-0.1, -0.05) is 56.7 Å². The summed E-state index contributed by atoms with van der Waals surface area (Å²) in [5, 5.41) is 11.4. The van der Waals surface area contributed by atoms with Gasteiger partial charge < -0.3 is 10.2 Å². The van der Waals surface area contributed by atoms with Crippen LogP contribution in [0.1, 0.15) is 46.5 Å². The second kappa shape index (κ2) is 8.03. The van der Waals surface area contributed by atoms with Crippen LogP contribution in [0.5, 0.6) is 0 Å². The number of nitrogens with zero attached hydrogens (tertiary/aromatic N) is 3. The van der Waals surface area contributed by atoms with E-state index in [1.165, 1.54) is 24.2 Å². The summed E-state index contributed by atoms with van der Waals surface area (Å²) in [7, 11) is 0. The molecule has 2 aliphatic rings. The van der Waals surface area contributed by atoms with Gasteiger partial charge in [-0.3, -0.25) is 9.59 Å². The van der Waals surface area contributed by atoms with Crippen molar-refractivity contribution in [2.75, 3.05) is 17.6 Å². The fourth-order valence-electron chi connectivity index (χ4n) is 3.87. The standard InChI is InChI=1S/C17H26N4O2S2/c1-4-24-17-20-19-16(25-17)18-15(23)12-8-14(22)21(9-12)13-7-5-6-10(2)11(13)3/h10-13H,4-9H2,1-3H3,(H,18,19,23)/t10-,11-,12+,13+/m0/s1. The van der Waals surface area contributed by atoms with Gasteiger partial charge in [0.15, 0.2) is 4.34 Å². The van der Waals surface area contributed by atoms with E-state index >= 15 is 0 Å². The summed E-state index contributed by atoms with van der Waals surface area (Å²) in [6.45, 7) is 7.09. The molecular weight excluding hydrogens is 356 g/mol. The topological polar surface area (TPSA) is 75.2 Å². The van der Waals surface area contributed by atoms with E-state index in [2.05, 4.69) is 36.3 Å². The van der Waals surface area contributed by atoms with Crippen LogP contribution in [0.3, 0.4) is 0 Å². The lowest BCUT2D eigenvalue weighted by molar-refractivity contribution is -0.131. The summed E-state index contributed by atoms with van der Waals surface area (Å²) in [4.78, 5) is 27.0. The molecule has 8 heteroatoms. The van der Waals surface area contributed by atoms with Crippen LogP contribution in [-0.2, 0) is 9.59 Å². The maximum atomic E-state index is 12.5. The third kappa shape index (κ3) is 4.16. The Bertz CT molecular complexity index is 636. The van der Waals surface area contributed by atoms with Gasteiger partial charge >= 0.3 is 0 Å². The van der Waals surface area contributed by atoms with Gasteiger partial charge in [-0.05, 0) is 24.0 Å². The molecular formula is C17H26N4O2S2. The van der Waals surface area contributed by atoms with Gasteiger partial charge in [0.2, 0.25) is 16.9 Å². The average Bonchev–Trinajstić information content (AvgIpc) is 3.17. The number of thioether (sulfide) groups is 1. The number of nitrogens with one attached hydrogen (secondary N) is 1. The number of anilines is 1. The van der Waals surface area contributed by atoms with Gasteiger partial charge in [0.1, 0.15) is 0 Å². The van der Waals surface area contributed by atoms with Crippen molar-refractivity contribution in [1.29, 1.82) is 0 Å². The first-order valence-corrected chi connectivity index (χ1v) is 10.9. The van der Waals surface area contributed by atoms with Gasteiger partial charge in [-0.15, -0.1) is 10.2 Å². The quantitative estimate of drug-likeness (QED) is 0.625. The van der Waals surface area contributed by atoms with Crippen LogP contribution >= 0.6 is 23.1 Å². The molecule has 6 nitrogen and oxygen atoms in total. The van der Waals surface area contributed by atoms with Crippen LogP contribution in [0.2, 0.25) is 0 Å². The Morgan fingerprint density at radius 3 is 2.92 bits per heavy atom. The summed E-state index contributed by atoms with van der Waals surface area (Å²) >= 11 is 2.99. The van der Waals surface area contributed by atoms with E-state index in [0.717, 1.165) is 16.5 Å². The molecule has 1 aromatic rings. The van der Waals surface area contributed by atoms with Crippen molar-refractivity contribution in [3.8, 4) is 0 Å². The van der Waals surface area contributed by atoms with Gasteiger partial charge in [0.05, 0.1) is 5.92 Å². The number of carbonyl (C=O) groups excluding carboxylic acids is 2. The van der Waals surface area contributed by atoms with Gasteiger partial charge in [-0.2, -0.15) is 0 Å². The van der Waals surface area contributed by atoms with E-state index in [1.807, 2.05) is 4.90 Å². The SMILES string of the molecule is CCSc1nnc(NC(=O)[C@@H]2CC(=O)N([C@@H]3CCC[C@H](C)[C@@H]3C)C2)s1. The van der Waals surface area contributed by atoms with E-state index < -0.39 is 0 Å². The highest BCUT2D eigenvalue weighted by Crippen LogP contribution is 2.36. The van der Waals surface area contributed by atoms with Gasteiger partial charge in [-0.25, -0.2) is 0 Å². The molecule has 3 rings (SSSR count). The number of amides is 2.